The van der Waals surface area contributed by atoms with Crippen molar-refractivity contribution in [2.75, 3.05) is 6.61 Å². The van der Waals surface area contributed by atoms with Crippen LogP contribution in [-0.2, 0) is 5.60 Å². The first-order valence-corrected chi connectivity index (χ1v) is 6.65. The summed E-state index contributed by atoms with van der Waals surface area (Å²) >= 11 is 6.19. The molecule has 0 saturated carbocycles. The fourth-order valence-corrected chi connectivity index (χ4v) is 2.47. The zero-order chi connectivity index (χ0) is 13.9. The second-order valence-corrected chi connectivity index (χ2v) is 4.89. The Labute approximate surface area is 118 Å². The molecule has 2 nitrogen and oxygen atoms in total. The van der Waals surface area contributed by atoms with E-state index in [2.05, 4.69) is 0 Å². The summed E-state index contributed by atoms with van der Waals surface area (Å²) in [6.07, 6.45) is 0. The maximum atomic E-state index is 10.9. The Kier molecular flexibility index (Phi) is 4.13. The van der Waals surface area contributed by atoms with Crippen LogP contribution in [0.15, 0.2) is 48.5 Å². The van der Waals surface area contributed by atoms with Crippen LogP contribution in [-0.4, -0.2) is 11.7 Å². The monoisotopic (exact) mass is 276 g/mol. The van der Waals surface area contributed by atoms with E-state index in [4.69, 9.17) is 16.3 Å². The summed E-state index contributed by atoms with van der Waals surface area (Å²) in [7, 11) is 0. The molecule has 100 valence electrons. The van der Waals surface area contributed by atoms with Crippen LogP contribution in [0, 0.1) is 0 Å². The lowest BCUT2D eigenvalue weighted by Crippen LogP contribution is -2.24. The van der Waals surface area contributed by atoms with Gasteiger partial charge in [0.1, 0.15) is 11.4 Å². The number of ether oxygens (including phenoxy) is 1. The molecule has 1 N–H and O–H groups in total. The zero-order valence-electron chi connectivity index (χ0n) is 11.1. The van der Waals surface area contributed by atoms with Crippen LogP contribution in [0.3, 0.4) is 0 Å². The molecule has 2 aromatic rings. The van der Waals surface area contributed by atoms with Gasteiger partial charge in [0.2, 0.25) is 0 Å². The molecule has 1 unspecified atom stereocenters. The van der Waals surface area contributed by atoms with Crippen LogP contribution >= 0.6 is 11.6 Å². The number of benzene rings is 2. The van der Waals surface area contributed by atoms with Crippen LogP contribution in [0.5, 0.6) is 5.75 Å². The smallest absolute Gasteiger partial charge is 0.125 e. The van der Waals surface area contributed by atoms with Gasteiger partial charge in [-0.05, 0) is 26.0 Å². The summed E-state index contributed by atoms with van der Waals surface area (Å²) in [6.45, 7) is 4.20. The van der Waals surface area contributed by atoms with E-state index in [1.165, 1.54) is 0 Å². The SMILES string of the molecule is CCOc1ccccc1C(C)(O)c1ccccc1Cl. The van der Waals surface area contributed by atoms with Crippen LogP contribution in [0.25, 0.3) is 0 Å². The highest BCUT2D eigenvalue weighted by Crippen LogP contribution is 2.38. The highest BCUT2D eigenvalue weighted by Gasteiger charge is 2.30. The fraction of sp³-hybridized carbons (Fsp3) is 0.250. The van der Waals surface area contributed by atoms with E-state index in [9.17, 15) is 5.11 Å². The third kappa shape index (κ3) is 2.75. The molecule has 2 aromatic carbocycles. The highest BCUT2D eigenvalue weighted by molar-refractivity contribution is 6.31. The van der Waals surface area contributed by atoms with Crippen molar-refractivity contribution in [3.8, 4) is 5.75 Å². The van der Waals surface area contributed by atoms with Crippen molar-refractivity contribution >= 4 is 11.6 Å². The molecule has 0 spiro atoms. The molecule has 0 saturated heterocycles. The lowest BCUT2D eigenvalue weighted by molar-refractivity contribution is 0.0982. The van der Waals surface area contributed by atoms with Gasteiger partial charge in [-0.2, -0.15) is 0 Å². The van der Waals surface area contributed by atoms with Crippen molar-refractivity contribution in [1.82, 2.24) is 0 Å². The molecule has 19 heavy (non-hydrogen) atoms. The Hall–Kier alpha value is -1.51. The molecule has 0 bridgehead atoms. The standard InChI is InChI=1S/C16H17ClO2/c1-3-19-15-11-7-5-9-13(15)16(2,18)12-8-4-6-10-14(12)17/h4-11,18H,3H2,1-2H3. The minimum absolute atomic E-state index is 0.541. The van der Waals surface area contributed by atoms with E-state index in [1.54, 1.807) is 13.0 Å². The fourth-order valence-electron chi connectivity index (χ4n) is 2.15. The van der Waals surface area contributed by atoms with Crippen molar-refractivity contribution in [2.45, 2.75) is 19.4 Å². The average Bonchev–Trinajstić information content (AvgIpc) is 2.40. The van der Waals surface area contributed by atoms with Gasteiger partial charge in [0.15, 0.2) is 0 Å². The quantitative estimate of drug-likeness (QED) is 0.915. The lowest BCUT2D eigenvalue weighted by Gasteiger charge is -2.27. The largest absolute Gasteiger partial charge is 0.493 e. The van der Waals surface area contributed by atoms with Crippen molar-refractivity contribution in [3.63, 3.8) is 0 Å². The van der Waals surface area contributed by atoms with Gasteiger partial charge in [0.25, 0.3) is 0 Å². The van der Waals surface area contributed by atoms with E-state index < -0.39 is 5.60 Å². The second-order valence-electron chi connectivity index (χ2n) is 4.48. The van der Waals surface area contributed by atoms with Gasteiger partial charge in [-0.25, -0.2) is 0 Å². The van der Waals surface area contributed by atoms with Crippen LogP contribution in [0.1, 0.15) is 25.0 Å². The Balaban J connectivity index is 2.53. The minimum Gasteiger partial charge on any atom is -0.493 e. The third-order valence-corrected chi connectivity index (χ3v) is 3.44. The van der Waals surface area contributed by atoms with E-state index in [0.29, 0.717) is 28.5 Å². The number of hydrogen-bond acceptors (Lipinski definition) is 2. The van der Waals surface area contributed by atoms with Gasteiger partial charge in [-0.15, -0.1) is 0 Å². The van der Waals surface area contributed by atoms with Gasteiger partial charge < -0.3 is 9.84 Å². The third-order valence-electron chi connectivity index (χ3n) is 3.11. The van der Waals surface area contributed by atoms with Crippen LogP contribution in [0.4, 0.5) is 0 Å². The molecule has 0 aliphatic carbocycles. The highest BCUT2D eigenvalue weighted by atomic mass is 35.5. The molecule has 0 heterocycles. The van der Waals surface area contributed by atoms with Gasteiger partial charge in [0.05, 0.1) is 6.61 Å². The average molecular weight is 277 g/mol. The number of halogens is 1. The van der Waals surface area contributed by atoms with E-state index >= 15 is 0 Å². The maximum Gasteiger partial charge on any atom is 0.125 e. The van der Waals surface area contributed by atoms with E-state index in [0.717, 1.165) is 0 Å². The number of rotatable bonds is 4. The first kappa shape index (κ1) is 13.9. The Morgan fingerprint density at radius 1 is 1.05 bits per heavy atom. The summed E-state index contributed by atoms with van der Waals surface area (Å²) in [5.74, 6) is 0.676. The summed E-state index contributed by atoms with van der Waals surface area (Å²) in [4.78, 5) is 0. The Morgan fingerprint density at radius 2 is 1.63 bits per heavy atom. The maximum absolute atomic E-state index is 10.9. The van der Waals surface area contributed by atoms with Gasteiger partial charge in [0, 0.05) is 16.1 Å². The van der Waals surface area contributed by atoms with Crippen molar-refractivity contribution < 1.29 is 9.84 Å². The normalized spacial score (nSPS) is 13.9. The van der Waals surface area contributed by atoms with Gasteiger partial charge >= 0.3 is 0 Å². The first-order chi connectivity index (χ1) is 9.07. The zero-order valence-corrected chi connectivity index (χ0v) is 11.8. The predicted molar refractivity (Wildman–Crippen MR) is 77.7 cm³/mol. The Morgan fingerprint density at radius 3 is 2.26 bits per heavy atom. The predicted octanol–water partition coefficient (Wildman–Crippen LogP) is 3.99. The summed E-state index contributed by atoms with van der Waals surface area (Å²) in [5.41, 5.74) is 0.193. The van der Waals surface area contributed by atoms with E-state index in [-0.39, 0.29) is 0 Å². The molecular formula is C16H17ClO2. The first-order valence-electron chi connectivity index (χ1n) is 6.27. The topological polar surface area (TPSA) is 29.5 Å². The molecule has 2 rings (SSSR count). The second kappa shape index (κ2) is 5.64. The minimum atomic E-state index is -1.19. The Bertz CT molecular complexity index is 564. The summed E-state index contributed by atoms with van der Waals surface area (Å²) in [5, 5.41) is 11.4. The van der Waals surface area contributed by atoms with Crippen LogP contribution in [0.2, 0.25) is 5.02 Å². The molecule has 0 amide bonds. The van der Waals surface area contributed by atoms with Gasteiger partial charge in [-0.1, -0.05) is 48.0 Å². The molecule has 0 aliphatic rings. The lowest BCUT2D eigenvalue weighted by atomic mass is 9.87. The number of aliphatic hydroxyl groups is 1. The van der Waals surface area contributed by atoms with Crippen molar-refractivity contribution in [2.24, 2.45) is 0 Å². The van der Waals surface area contributed by atoms with Crippen molar-refractivity contribution in [1.29, 1.82) is 0 Å². The van der Waals surface area contributed by atoms with Crippen LogP contribution < -0.4 is 4.74 Å². The summed E-state index contributed by atoms with van der Waals surface area (Å²) in [6, 6.07) is 14.8. The summed E-state index contributed by atoms with van der Waals surface area (Å²) < 4.78 is 5.58. The number of hydrogen-bond donors (Lipinski definition) is 1. The molecular weight excluding hydrogens is 260 g/mol. The van der Waals surface area contributed by atoms with E-state index in [1.807, 2.05) is 49.4 Å². The molecule has 0 radical (unpaired) electrons. The van der Waals surface area contributed by atoms with Crippen molar-refractivity contribution in [3.05, 3.63) is 64.7 Å². The molecule has 0 fully saturated rings. The molecule has 1 atom stereocenters. The molecule has 0 aliphatic heterocycles. The molecule has 0 aromatic heterocycles. The molecule has 3 heteroatoms. The number of para-hydroxylation sites is 1. The van der Waals surface area contributed by atoms with Gasteiger partial charge in [-0.3, -0.25) is 0 Å².